The highest BCUT2D eigenvalue weighted by atomic mass is 16.3. The van der Waals surface area contributed by atoms with Gasteiger partial charge in [-0.05, 0) is 50.4 Å². The summed E-state index contributed by atoms with van der Waals surface area (Å²) in [5.41, 5.74) is 1.32. The molecule has 1 aromatic heterocycles. The van der Waals surface area contributed by atoms with E-state index in [1.807, 2.05) is 18.5 Å². The number of pyridine rings is 1. The average Bonchev–Trinajstić information content (AvgIpc) is 2.99. The van der Waals surface area contributed by atoms with Crippen LogP contribution < -0.4 is 5.32 Å². The van der Waals surface area contributed by atoms with Crippen LogP contribution in [0.2, 0.25) is 0 Å². The molecular weight excluding hydrogens is 262 g/mol. The Kier molecular flexibility index (Phi) is 4.88. The summed E-state index contributed by atoms with van der Waals surface area (Å²) in [7, 11) is 0. The Balaban J connectivity index is 1.47. The van der Waals surface area contributed by atoms with Crippen LogP contribution in [0, 0.1) is 0 Å². The largest absolute Gasteiger partial charge is 0.394 e. The molecule has 116 valence electrons. The summed E-state index contributed by atoms with van der Waals surface area (Å²) in [6, 6.07) is 4.73. The molecule has 1 aromatic rings. The zero-order valence-electron chi connectivity index (χ0n) is 12.8. The molecule has 21 heavy (non-hydrogen) atoms. The van der Waals surface area contributed by atoms with E-state index in [-0.39, 0.29) is 5.54 Å². The van der Waals surface area contributed by atoms with Crippen molar-refractivity contribution in [2.45, 2.75) is 56.7 Å². The van der Waals surface area contributed by atoms with Crippen molar-refractivity contribution in [3.8, 4) is 0 Å². The van der Waals surface area contributed by atoms with Gasteiger partial charge < -0.3 is 10.4 Å². The van der Waals surface area contributed by atoms with E-state index in [0.29, 0.717) is 12.6 Å². The van der Waals surface area contributed by atoms with Crippen molar-refractivity contribution < 1.29 is 5.11 Å². The molecule has 1 aliphatic carbocycles. The van der Waals surface area contributed by atoms with Crippen molar-refractivity contribution in [3.63, 3.8) is 0 Å². The number of hydrogen-bond donors (Lipinski definition) is 2. The molecule has 0 bridgehead atoms. The SMILES string of the molecule is OCC1(NC2CCN(Cc3cccnc3)CC2)CCCC1. The second-order valence-corrected chi connectivity index (χ2v) is 6.70. The molecule has 2 fully saturated rings. The molecule has 2 aliphatic rings. The zero-order chi connectivity index (χ0) is 14.5. The third kappa shape index (κ3) is 3.82. The molecule has 3 rings (SSSR count). The minimum absolute atomic E-state index is 0.0240. The highest BCUT2D eigenvalue weighted by molar-refractivity contribution is 5.08. The van der Waals surface area contributed by atoms with Crippen LogP contribution in [0.1, 0.15) is 44.1 Å². The van der Waals surface area contributed by atoms with Gasteiger partial charge in [-0.15, -0.1) is 0 Å². The number of nitrogens with one attached hydrogen (secondary N) is 1. The highest BCUT2D eigenvalue weighted by Gasteiger charge is 2.35. The normalized spacial score (nSPS) is 23.5. The molecule has 0 aromatic carbocycles. The number of likely N-dealkylation sites (tertiary alicyclic amines) is 1. The fourth-order valence-electron chi connectivity index (χ4n) is 3.82. The molecule has 4 nitrogen and oxygen atoms in total. The Morgan fingerprint density at radius 2 is 2.05 bits per heavy atom. The van der Waals surface area contributed by atoms with Crippen LogP contribution in [0.25, 0.3) is 0 Å². The molecule has 0 spiro atoms. The molecule has 0 radical (unpaired) electrons. The standard InChI is InChI=1S/C17H27N3O/c21-14-17(7-1-2-8-17)19-16-5-10-20(11-6-16)13-15-4-3-9-18-12-15/h3-4,9,12,16,19,21H,1-2,5-8,10-11,13-14H2. The van der Waals surface area contributed by atoms with E-state index >= 15 is 0 Å². The van der Waals surface area contributed by atoms with Gasteiger partial charge in [0.05, 0.1) is 6.61 Å². The second-order valence-electron chi connectivity index (χ2n) is 6.70. The van der Waals surface area contributed by atoms with Crippen LogP contribution in [0.5, 0.6) is 0 Å². The number of aromatic nitrogens is 1. The van der Waals surface area contributed by atoms with Gasteiger partial charge in [0.15, 0.2) is 0 Å². The van der Waals surface area contributed by atoms with E-state index in [4.69, 9.17) is 0 Å². The first kappa shape index (κ1) is 14.9. The summed E-state index contributed by atoms with van der Waals surface area (Å²) < 4.78 is 0. The van der Waals surface area contributed by atoms with E-state index in [1.54, 1.807) is 0 Å². The second kappa shape index (κ2) is 6.86. The fourth-order valence-corrected chi connectivity index (χ4v) is 3.82. The van der Waals surface area contributed by atoms with Crippen LogP contribution in [-0.2, 0) is 6.54 Å². The summed E-state index contributed by atoms with van der Waals surface area (Å²) in [5, 5.41) is 13.5. The van der Waals surface area contributed by atoms with Crippen molar-refractivity contribution >= 4 is 0 Å². The van der Waals surface area contributed by atoms with Crippen LogP contribution in [0.4, 0.5) is 0 Å². The number of piperidine rings is 1. The van der Waals surface area contributed by atoms with E-state index in [1.165, 1.54) is 31.2 Å². The Hall–Kier alpha value is -0.970. The third-order valence-electron chi connectivity index (χ3n) is 5.09. The minimum Gasteiger partial charge on any atom is -0.394 e. The summed E-state index contributed by atoms with van der Waals surface area (Å²) in [6.45, 7) is 3.57. The Morgan fingerprint density at radius 1 is 1.29 bits per heavy atom. The number of aliphatic hydroxyl groups excluding tert-OH is 1. The molecule has 4 heteroatoms. The number of hydrogen-bond acceptors (Lipinski definition) is 4. The summed E-state index contributed by atoms with van der Waals surface area (Å²) in [6.07, 6.45) is 10.9. The lowest BCUT2D eigenvalue weighted by Gasteiger charge is -2.38. The molecule has 2 heterocycles. The quantitative estimate of drug-likeness (QED) is 0.870. The predicted octanol–water partition coefficient (Wildman–Crippen LogP) is 1.94. The van der Waals surface area contributed by atoms with Gasteiger partial charge in [-0.1, -0.05) is 18.9 Å². The number of aliphatic hydroxyl groups is 1. The van der Waals surface area contributed by atoms with Gasteiger partial charge in [-0.3, -0.25) is 9.88 Å². The molecule has 1 saturated heterocycles. The van der Waals surface area contributed by atoms with Crippen molar-refractivity contribution in [2.75, 3.05) is 19.7 Å². The van der Waals surface area contributed by atoms with Crippen molar-refractivity contribution in [1.29, 1.82) is 0 Å². The Bertz CT molecular complexity index is 423. The molecule has 0 atom stereocenters. The first-order valence-corrected chi connectivity index (χ1v) is 8.29. The lowest BCUT2D eigenvalue weighted by atomic mass is 9.94. The lowest BCUT2D eigenvalue weighted by molar-refractivity contribution is 0.120. The van der Waals surface area contributed by atoms with Crippen LogP contribution in [-0.4, -0.2) is 46.3 Å². The van der Waals surface area contributed by atoms with Crippen molar-refractivity contribution in [1.82, 2.24) is 15.2 Å². The maximum Gasteiger partial charge on any atom is 0.0613 e. The van der Waals surface area contributed by atoms with Gasteiger partial charge in [0.1, 0.15) is 0 Å². The van der Waals surface area contributed by atoms with E-state index in [9.17, 15) is 5.11 Å². The number of nitrogens with zero attached hydrogens (tertiary/aromatic N) is 2. The molecule has 1 aliphatic heterocycles. The summed E-state index contributed by atoms with van der Waals surface area (Å²) >= 11 is 0. The maximum atomic E-state index is 9.71. The van der Waals surface area contributed by atoms with Crippen LogP contribution >= 0.6 is 0 Å². The van der Waals surface area contributed by atoms with Gasteiger partial charge in [-0.2, -0.15) is 0 Å². The van der Waals surface area contributed by atoms with Gasteiger partial charge in [0.25, 0.3) is 0 Å². The summed E-state index contributed by atoms with van der Waals surface area (Å²) in [5.74, 6) is 0. The third-order valence-corrected chi connectivity index (χ3v) is 5.09. The predicted molar refractivity (Wildman–Crippen MR) is 84.0 cm³/mol. The lowest BCUT2D eigenvalue weighted by Crippen LogP contribution is -2.54. The first-order valence-electron chi connectivity index (χ1n) is 8.29. The monoisotopic (exact) mass is 289 g/mol. The molecule has 2 N–H and O–H groups in total. The van der Waals surface area contributed by atoms with E-state index in [0.717, 1.165) is 32.5 Å². The van der Waals surface area contributed by atoms with Crippen LogP contribution in [0.3, 0.4) is 0 Å². The topological polar surface area (TPSA) is 48.4 Å². The average molecular weight is 289 g/mol. The van der Waals surface area contributed by atoms with Crippen LogP contribution in [0.15, 0.2) is 24.5 Å². The van der Waals surface area contributed by atoms with Crippen molar-refractivity contribution in [2.24, 2.45) is 0 Å². The Labute approximate surface area is 127 Å². The maximum absolute atomic E-state index is 9.71. The molecule has 0 amide bonds. The van der Waals surface area contributed by atoms with Gasteiger partial charge in [-0.25, -0.2) is 0 Å². The first-order chi connectivity index (χ1) is 10.3. The van der Waals surface area contributed by atoms with E-state index < -0.39 is 0 Å². The summed E-state index contributed by atoms with van der Waals surface area (Å²) in [4.78, 5) is 6.70. The minimum atomic E-state index is 0.0240. The fraction of sp³-hybridized carbons (Fsp3) is 0.706. The number of rotatable bonds is 5. The molecule has 1 saturated carbocycles. The van der Waals surface area contributed by atoms with Gasteiger partial charge in [0, 0.05) is 30.5 Å². The molecular formula is C17H27N3O. The highest BCUT2D eigenvalue weighted by Crippen LogP contribution is 2.30. The Morgan fingerprint density at radius 3 is 2.67 bits per heavy atom. The van der Waals surface area contributed by atoms with Gasteiger partial charge in [0.2, 0.25) is 0 Å². The van der Waals surface area contributed by atoms with E-state index in [2.05, 4.69) is 21.3 Å². The molecule has 0 unspecified atom stereocenters. The smallest absolute Gasteiger partial charge is 0.0613 e. The zero-order valence-corrected chi connectivity index (χ0v) is 12.8. The van der Waals surface area contributed by atoms with Gasteiger partial charge >= 0.3 is 0 Å². The van der Waals surface area contributed by atoms with Crippen molar-refractivity contribution in [3.05, 3.63) is 30.1 Å².